The van der Waals surface area contributed by atoms with Crippen molar-refractivity contribution in [3.8, 4) is 11.5 Å². The Morgan fingerprint density at radius 3 is 2.61 bits per heavy atom. The lowest BCUT2D eigenvalue weighted by Gasteiger charge is -2.50. The molecule has 33 heavy (non-hydrogen) atoms. The molecule has 6 nitrogen and oxygen atoms in total. The van der Waals surface area contributed by atoms with E-state index in [4.69, 9.17) is 9.47 Å². The average molecular weight is 468 g/mol. The zero-order chi connectivity index (χ0) is 24.0. The molecule has 1 spiro atoms. The topological polar surface area (TPSA) is 55.7 Å². The summed E-state index contributed by atoms with van der Waals surface area (Å²) >= 11 is 0. The van der Waals surface area contributed by atoms with Crippen LogP contribution in [0.4, 0.5) is 13.2 Å². The van der Waals surface area contributed by atoms with Gasteiger partial charge in [0.05, 0.1) is 18.8 Å². The number of nitrogens with zero attached hydrogens (tertiary/aromatic N) is 2. The van der Waals surface area contributed by atoms with Gasteiger partial charge in [-0.1, -0.05) is 6.92 Å². The van der Waals surface area contributed by atoms with Gasteiger partial charge in [-0.15, -0.1) is 0 Å². The number of methoxy groups -OCH3 is 1. The van der Waals surface area contributed by atoms with Crippen LogP contribution >= 0.6 is 0 Å². The summed E-state index contributed by atoms with van der Waals surface area (Å²) in [4.78, 5) is 15.0. The van der Waals surface area contributed by atoms with Crippen molar-refractivity contribution in [3.05, 3.63) is 47.3 Å². The average Bonchev–Trinajstić information content (AvgIpc) is 3.21. The SMILES string of the molecule is COc1cc(C(=O)N2CCC3(NCCn4c(C(F)(F)F)ccc43)C(C)C2)ccc1OC(C)C.[HH]. The maximum Gasteiger partial charge on any atom is 0.431 e. The molecule has 0 saturated carbocycles. The summed E-state index contributed by atoms with van der Waals surface area (Å²) in [5, 5.41) is 3.49. The molecule has 2 aromatic rings. The third-order valence-corrected chi connectivity index (χ3v) is 6.68. The van der Waals surface area contributed by atoms with Crippen LogP contribution in [-0.2, 0) is 18.3 Å². The molecule has 1 aromatic carbocycles. The van der Waals surface area contributed by atoms with Crippen LogP contribution in [0.25, 0.3) is 0 Å². The van der Waals surface area contributed by atoms with Gasteiger partial charge in [0.15, 0.2) is 11.5 Å². The normalized spacial score (nSPS) is 23.0. The van der Waals surface area contributed by atoms with E-state index in [1.165, 1.54) is 17.7 Å². The van der Waals surface area contributed by atoms with Crippen LogP contribution in [0.1, 0.15) is 50.4 Å². The Labute approximate surface area is 193 Å². The molecule has 1 N–H and O–H groups in total. The number of halogens is 3. The number of likely N-dealkylation sites (tertiary alicyclic amines) is 1. The number of hydrogen-bond donors (Lipinski definition) is 1. The first-order chi connectivity index (χ1) is 15.6. The Morgan fingerprint density at radius 2 is 1.97 bits per heavy atom. The molecule has 3 heterocycles. The lowest BCUT2D eigenvalue weighted by molar-refractivity contribution is -0.144. The van der Waals surface area contributed by atoms with Crippen LogP contribution in [0.5, 0.6) is 11.5 Å². The number of carbonyl (C=O) groups is 1. The Balaban J connectivity index is 0.00000324. The van der Waals surface area contributed by atoms with Gasteiger partial charge in [-0.2, -0.15) is 13.2 Å². The highest BCUT2D eigenvalue weighted by molar-refractivity contribution is 5.95. The Kier molecular flexibility index (Phi) is 6.11. The molecule has 182 valence electrons. The molecule has 1 aromatic heterocycles. The minimum Gasteiger partial charge on any atom is -0.493 e. The second kappa shape index (κ2) is 8.59. The fourth-order valence-corrected chi connectivity index (χ4v) is 5.12. The van der Waals surface area contributed by atoms with Crippen molar-refractivity contribution in [3.63, 3.8) is 0 Å². The minimum absolute atomic E-state index is 0. The third-order valence-electron chi connectivity index (χ3n) is 6.68. The standard InChI is InChI=1S/C24H30F3N3O3.H2/c1-15(2)33-18-6-5-17(13-19(18)32-4)22(31)29-11-9-23(16(3)14-29)20-7-8-21(24(25,26)27)30(20)12-10-28-23;/h5-8,13,15-16,28H,9-12,14H2,1-4H3;1H. The number of hydrogen-bond acceptors (Lipinski definition) is 4. The van der Waals surface area contributed by atoms with Gasteiger partial charge in [0.2, 0.25) is 0 Å². The zero-order valence-corrected chi connectivity index (χ0v) is 19.3. The van der Waals surface area contributed by atoms with Crippen LogP contribution in [0, 0.1) is 5.92 Å². The molecule has 2 aliphatic heterocycles. The van der Waals surface area contributed by atoms with Gasteiger partial charge in [0.1, 0.15) is 5.69 Å². The predicted molar refractivity (Wildman–Crippen MR) is 120 cm³/mol. The van der Waals surface area contributed by atoms with Crippen LogP contribution < -0.4 is 14.8 Å². The minimum atomic E-state index is -4.39. The van der Waals surface area contributed by atoms with Crippen LogP contribution in [0.15, 0.2) is 30.3 Å². The second-order valence-corrected chi connectivity index (χ2v) is 9.09. The van der Waals surface area contributed by atoms with E-state index in [1.54, 1.807) is 29.2 Å². The molecule has 0 bridgehead atoms. The number of ether oxygens (including phenoxy) is 2. The van der Waals surface area contributed by atoms with E-state index < -0.39 is 17.4 Å². The van der Waals surface area contributed by atoms with Crippen LogP contribution in [0.3, 0.4) is 0 Å². The Hall–Kier alpha value is -2.68. The summed E-state index contributed by atoms with van der Waals surface area (Å²) in [5.74, 6) is 0.856. The van der Waals surface area contributed by atoms with Gasteiger partial charge in [0.25, 0.3) is 5.91 Å². The highest BCUT2D eigenvalue weighted by Gasteiger charge is 2.48. The second-order valence-electron chi connectivity index (χ2n) is 9.09. The fourth-order valence-electron chi connectivity index (χ4n) is 5.12. The van der Waals surface area contributed by atoms with E-state index in [9.17, 15) is 18.0 Å². The number of nitrogens with one attached hydrogen (secondary N) is 1. The summed E-state index contributed by atoms with van der Waals surface area (Å²) in [6, 6.07) is 7.88. The van der Waals surface area contributed by atoms with Crippen molar-refractivity contribution < 1.29 is 28.9 Å². The maximum absolute atomic E-state index is 13.5. The van der Waals surface area contributed by atoms with Crippen molar-refractivity contribution >= 4 is 5.91 Å². The first-order valence-corrected chi connectivity index (χ1v) is 11.2. The summed E-state index contributed by atoms with van der Waals surface area (Å²) in [6.45, 7) is 7.42. The number of aromatic nitrogens is 1. The smallest absolute Gasteiger partial charge is 0.431 e. The molecule has 0 radical (unpaired) electrons. The number of fused-ring (bicyclic) bond motifs is 2. The lowest BCUT2D eigenvalue weighted by Crippen LogP contribution is -2.60. The van der Waals surface area contributed by atoms with E-state index in [0.29, 0.717) is 48.8 Å². The third kappa shape index (κ3) is 4.18. The van der Waals surface area contributed by atoms with E-state index in [1.807, 2.05) is 20.8 Å². The lowest BCUT2D eigenvalue weighted by atomic mass is 9.75. The van der Waals surface area contributed by atoms with E-state index in [2.05, 4.69) is 5.32 Å². The number of piperidine rings is 1. The number of benzene rings is 1. The highest BCUT2D eigenvalue weighted by atomic mass is 19.4. The van der Waals surface area contributed by atoms with Gasteiger partial charge in [-0.3, -0.25) is 4.79 Å². The zero-order valence-electron chi connectivity index (χ0n) is 19.3. The predicted octanol–water partition coefficient (Wildman–Crippen LogP) is 4.53. The van der Waals surface area contributed by atoms with Gasteiger partial charge in [-0.05, 0) is 56.5 Å². The Morgan fingerprint density at radius 1 is 1.21 bits per heavy atom. The van der Waals surface area contributed by atoms with Crippen LogP contribution in [-0.4, -0.2) is 48.2 Å². The summed E-state index contributed by atoms with van der Waals surface area (Å²) in [7, 11) is 1.53. The van der Waals surface area contributed by atoms with Crippen molar-refractivity contribution in [1.29, 1.82) is 0 Å². The number of alkyl halides is 3. The molecule has 9 heteroatoms. The van der Waals surface area contributed by atoms with Gasteiger partial charge in [0, 0.05) is 38.9 Å². The number of carbonyl (C=O) groups excluding carboxylic acids is 1. The summed E-state index contributed by atoms with van der Waals surface area (Å²) < 4.78 is 52.9. The molecule has 2 atom stereocenters. The fraction of sp³-hybridized carbons (Fsp3) is 0.542. The monoisotopic (exact) mass is 467 g/mol. The van der Waals surface area contributed by atoms with Gasteiger partial charge >= 0.3 is 6.18 Å². The van der Waals surface area contributed by atoms with Crippen molar-refractivity contribution in [2.24, 2.45) is 5.92 Å². The van der Waals surface area contributed by atoms with E-state index in [0.717, 1.165) is 0 Å². The first kappa shape index (κ1) is 23.5. The number of amides is 1. The molecular formula is C24H32F3N3O3. The summed E-state index contributed by atoms with van der Waals surface area (Å²) in [5.41, 5.74) is -0.0617. The molecule has 1 saturated heterocycles. The highest BCUT2D eigenvalue weighted by Crippen LogP contribution is 2.43. The van der Waals surface area contributed by atoms with Gasteiger partial charge < -0.3 is 24.3 Å². The van der Waals surface area contributed by atoms with E-state index in [-0.39, 0.29) is 25.9 Å². The molecule has 4 rings (SSSR count). The first-order valence-electron chi connectivity index (χ1n) is 11.2. The molecule has 2 aliphatic rings. The summed E-state index contributed by atoms with van der Waals surface area (Å²) in [6.07, 6.45) is -3.88. The molecule has 1 amide bonds. The van der Waals surface area contributed by atoms with Crippen molar-refractivity contribution in [2.75, 3.05) is 26.7 Å². The quantitative estimate of drug-likeness (QED) is 0.718. The number of rotatable bonds is 4. The van der Waals surface area contributed by atoms with E-state index >= 15 is 0 Å². The molecular weight excluding hydrogens is 435 g/mol. The molecule has 1 fully saturated rings. The van der Waals surface area contributed by atoms with Crippen molar-refractivity contribution in [2.45, 2.75) is 51.6 Å². The van der Waals surface area contributed by atoms with Gasteiger partial charge in [-0.25, -0.2) is 0 Å². The van der Waals surface area contributed by atoms with Crippen molar-refractivity contribution in [1.82, 2.24) is 14.8 Å². The molecule has 0 aliphatic carbocycles. The Bertz CT molecular complexity index is 1040. The van der Waals surface area contributed by atoms with Crippen LogP contribution in [0.2, 0.25) is 0 Å². The largest absolute Gasteiger partial charge is 0.493 e. The maximum atomic E-state index is 13.5. The molecule has 2 unspecified atom stereocenters.